The molecule has 2 aromatic carbocycles. The molecule has 3 rings (SSSR count). The Morgan fingerprint density at radius 1 is 1.16 bits per heavy atom. The molecule has 0 unspecified atom stereocenters. The summed E-state index contributed by atoms with van der Waals surface area (Å²) in [6, 6.07) is 10.4. The summed E-state index contributed by atoms with van der Waals surface area (Å²) in [6.45, 7) is 1.68. The van der Waals surface area contributed by atoms with Crippen LogP contribution in [0.1, 0.15) is 28.9 Å². The minimum absolute atomic E-state index is 0.126. The molecule has 2 N–H and O–H groups in total. The van der Waals surface area contributed by atoms with Gasteiger partial charge in [-0.3, -0.25) is 9.59 Å². The molecule has 0 saturated heterocycles. The van der Waals surface area contributed by atoms with Gasteiger partial charge in [0.1, 0.15) is 5.82 Å². The van der Waals surface area contributed by atoms with Crippen molar-refractivity contribution in [1.29, 1.82) is 0 Å². The van der Waals surface area contributed by atoms with Gasteiger partial charge in [-0.1, -0.05) is 12.1 Å². The molecule has 0 saturated carbocycles. The van der Waals surface area contributed by atoms with Gasteiger partial charge in [0.25, 0.3) is 5.91 Å². The number of halogens is 1. The first-order valence-corrected chi connectivity index (χ1v) is 7.75. The molecule has 0 aromatic heterocycles. The molecule has 0 fully saturated rings. The Balaban J connectivity index is 1.52. The maximum Gasteiger partial charge on any atom is 0.251 e. The average molecular weight is 344 g/mol. The van der Waals surface area contributed by atoms with Crippen molar-refractivity contribution in [2.75, 3.05) is 13.3 Å². The fourth-order valence-corrected chi connectivity index (χ4v) is 2.45. The van der Waals surface area contributed by atoms with E-state index in [4.69, 9.17) is 9.47 Å². The van der Waals surface area contributed by atoms with Gasteiger partial charge in [0, 0.05) is 5.56 Å². The van der Waals surface area contributed by atoms with Crippen molar-refractivity contribution in [3.05, 3.63) is 59.4 Å². The Morgan fingerprint density at radius 2 is 1.96 bits per heavy atom. The lowest BCUT2D eigenvalue weighted by Gasteiger charge is -2.14. The van der Waals surface area contributed by atoms with E-state index in [1.165, 1.54) is 12.1 Å². The third kappa shape index (κ3) is 4.06. The molecule has 0 radical (unpaired) electrons. The van der Waals surface area contributed by atoms with Crippen molar-refractivity contribution < 1.29 is 23.5 Å². The lowest BCUT2D eigenvalue weighted by atomic mass is 10.1. The first kappa shape index (κ1) is 16.8. The van der Waals surface area contributed by atoms with Crippen LogP contribution in [0, 0.1) is 5.82 Å². The number of amides is 2. The quantitative estimate of drug-likeness (QED) is 0.871. The lowest BCUT2D eigenvalue weighted by molar-refractivity contribution is -0.120. The zero-order chi connectivity index (χ0) is 17.8. The molecular weight excluding hydrogens is 327 g/mol. The van der Waals surface area contributed by atoms with E-state index in [0.717, 1.165) is 0 Å². The maximum atomic E-state index is 13.2. The van der Waals surface area contributed by atoms with E-state index in [1.54, 1.807) is 37.3 Å². The zero-order valence-corrected chi connectivity index (χ0v) is 13.5. The van der Waals surface area contributed by atoms with E-state index in [2.05, 4.69) is 10.6 Å². The topological polar surface area (TPSA) is 76.7 Å². The highest BCUT2D eigenvalue weighted by Gasteiger charge is 2.17. The summed E-state index contributed by atoms with van der Waals surface area (Å²) < 4.78 is 23.6. The molecule has 1 heterocycles. The monoisotopic (exact) mass is 344 g/mol. The number of hydrogen-bond donors (Lipinski definition) is 2. The Labute approximate surface area is 143 Å². The minimum Gasteiger partial charge on any atom is -0.454 e. The highest BCUT2D eigenvalue weighted by molar-refractivity contribution is 5.97. The number of carbonyl (C=O) groups excluding carboxylic acids is 2. The van der Waals surface area contributed by atoms with E-state index in [1.807, 2.05) is 0 Å². The normalized spacial score (nSPS) is 13.2. The summed E-state index contributed by atoms with van der Waals surface area (Å²) in [7, 11) is 0. The van der Waals surface area contributed by atoms with Gasteiger partial charge in [-0.2, -0.15) is 0 Å². The smallest absolute Gasteiger partial charge is 0.251 e. The summed E-state index contributed by atoms with van der Waals surface area (Å²) in [4.78, 5) is 24.1. The van der Waals surface area contributed by atoms with Crippen molar-refractivity contribution >= 4 is 11.8 Å². The van der Waals surface area contributed by atoms with Crippen molar-refractivity contribution in [3.63, 3.8) is 0 Å². The van der Waals surface area contributed by atoms with Crippen LogP contribution in [0.2, 0.25) is 0 Å². The largest absolute Gasteiger partial charge is 0.454 e. The summed E-state index contributed by atoms with van der Waals surface area (Å²) in [5.74, 6) is -0.0533. The van der Waals surface area contributed by atoms with Gasteiger partial charge in [0.15, 0.2) is 11.5 Å². The SMILES string of the molecule is C[C@H](NC(=O)CNC(=O)c1ccc2c(c1)OCO2)c1cccc(F)c1. The fraction of sp³-hybridized carbons (Fsp3) is 0.222. The average Bonchev–Trinajstić information content (AvgIpc) is 3.07. The van der Waals surface area contributed by atoms with Gasteiger partial charge >= 0.3 is 0 Å². The maximum absolute atomic E-state index is 13.2. The highest BCUT2D eigenvalue weighted by Crippen LogP contribution is 2.32. The van der Waals surface area contributed by atoms with E-state index in [9.17, 15) is 14.0 Å². The van der Waals surface area contributed by atoms with Crippen LogP contribution >= 0.6 is 0 Å². The molecule has 1 aliphatic heterocycles. The lowest BCUT2D eigenvalue weighted by Crippen LogP contribution is -2.38. The highest BCUT2D eigenvalue weighted by atomic mass is 19.1. The van der Waals surface area contributed by atoms with Crippen LogP contribution in [0.4, 0.5) is 4.39 Å². The summed E-state index contributed by atoms with van der Waals surface area (Å²) >= 11 is 0. The van der Waals surface area contributed by atoms with Crippen LogP contribution in [0.5, 0.6) is 11.5 Å². The van der Waals surface area contributed by atoms with Gasteiger partial charge in [-0.05, 0) is 42.8 Å². The van der Waals surface area contributed by atoms with E-state index >= 15 is 0 Å². The molecule has 2 aromatic rings. The van der Waals surface area contributed by atoms with Gasteiger partial charge < -0.3 is 20.1 Å². The number of rotatable bonds is 5. The van der Waals surface area contributed by atoms with Crippen molar-refractivity contribution in [2.24, 2.45) is 0 Å². The summed E-state index contributed by atoms with van der Waals surface area (Å²) in [5.41, 5.74) is 1.02. The number of hydrogen-bond acceptors (Lipinski definition) is 4. The number of ether oxygens (including phenoxy) is 2. The predicted octanol–water partition coefficient (Wildman–Crippen LogP) is 2.16. The molecule has 0 spiro atoms. The number of nitrogens with one attached hydrogen (secondary N) is 2. The molecule has 2 amide bonds. The van der Waals surface area contributed by atoms with Crippen LogP contribution in [0.15, 0.2) is 42.5 Å². The van der Waals surface area contributed by atoms with Crippen LogP contribution in [-0.4, -0.2) is 25.2 Å². The number of fused-ring (bicyclic) bond motifs is 1. The minimum atomic E-state index is -0.396. The first-order chi connectivity index (χ1) is 12.0. The fourth-order valence-electron chi connectivity index (χ4n) is 2.45. The molecule has 1 aliphatic rings. The molecule has 0 aliphatic carbocycles. The van der Waals surface area contributed by atoms with Gasteiger partial charge in [-0.25, -0.2) is 4.39 Å². The van der Waals surface area contributed by atoms with Gasteiger partial charge in [-0.15, -0.1) is 0 Å². The molecule has 6 nitrogen and oxygen atoms in total. The second-order valence-corrected chi connectivity index (χ2v) is 5.59. The molecule has 1 atom stereocenters. The van der Waals surface area contributed by atoms with E-state index < -0.39 is 5.91 Å². The van der Waals surface area contributed by atoms with Crippen molar-refractivity contribution in [3.8, 4) is 11.5 Å². The molecule has 0 bridgehead atoms. The zero-order valence-electron chi connectivity index (χ0n) is 13.5. The Morgan fingerprint density at radius 3 is 2.76 bits per heavy atom. The second-order valence-electron chi connectivity index (χ2n) is 5.59. The van der Waals surface area contributed by atoms with E-state index in [-0.39, 0.29) is 31.1 Å². The first-order valence-electron chi connectivity index (χ1n) is 7.75. The van der Waals surface area contributed by atoms with Crippen molar-refractivity contribution in [1.82, 2.24) is 10.6 Å². The Bertz CT molecular complexity index is 809. The number of benzene rings is 2. The van der Waals surface area contributed by atoms with Gasteiger partial charge in [0.2, 0.25) is 12.7 Å². The van der Waals surface area contributed by atoms with Crippen molar-refractivity contribution in [2.45, 2.75) is 13.0 Å². The van der Waals surface area contributed by atoms with Crippen LogP contribution in [0.25, 0.3) is 0 Å². The van der Waals surface area contributed by atoms with Gasteiger partial charge in [0.05, 0.1) is 12.6 Å². The summed E-state index contributed by atoms with van der Waals surface area (Å²) in [5, 5.41) is 5.24. The summed E-state index contributed by atoms with van der Waals surface area (Å²) in [6.07, 6.45) is 0. The molecule has 25 heavy (non-hydrogen) atoms. The standard InChI is InChI=1S/C18H17FN2O4/c1-11(12-3-2-4-14(19)7-12)21-17(22)9-20-18(23)13-5-6-15-16(8-13)25-10-24-15/h2-8,11H,9-10H2,1H3,(H,20,23)(H,21,22)/t11-/m0/s1. The predicted molar refractivity (Wildman–Crippen MR) is 87.9 cm³/mol. The van der Waals surface area contributed by atoms with Crippen LogP contribution in [-0.2, 0) is 4.79 Å². The Hall–Kier alpha value is -3.09. The third-order valence-corrected chi connectivity index (χ3v) is 3.77. The van der Waals surface area contributed by atoms with E-state index in [0.29, 0.717) is 22.6 Å². The molecule has 130 valence electrons. The third-order valence-electron chi connectivity index (χ3n) is 3.77. The molecular formula is C18H17FN2O4. The van der Waals surface area contributed by atoms with Crippen LogP contribution < -0.4 is 20.1 Å². The Kier molecular flexibility index (Phi) is 4.83. The second kappa shape index (κ2) is 7.21. The molecule has 7 heteroatoms. The number of carbonyl (C=O) groups is 2. The van der Waals surface area contributed by atoms with Crippen LogP contribution in [0.3, 0.4) is 0 Å².